The summed E-state index contributed by atoms with van der Waals surface area (Å²) >= 11 is 1.52. The van der Waals surface area contributed by atoms with Crippen LogP contribution in [0.25, 0.3) is 21.7 Å². The molecule has 2 heterocycles. The van der Waals surface area contributed by atoms with E-state index in [0.717, 1.165) is 10.4 Å². The lowest BCUT2D eigenvalue weighted by atomic mass is 10.3. The second-order valence-corrected chi connectivity index (χ2v) is 5.06. The Labute approximate surface area is 112 Å². The molecule has 0 radical (unpaired) electrons. The molecule has 0 aliphatic heterocycles. The molecule has 96 valence electrons. The maximum Gasteiger partial charge on any atom is 0.323 e. The zero-order valence-corrected chi connectivity index (χ0v) is 10.7. The zero-order valence-electron chi connectivity index (χ0n) is 9.91. The predicted octanol–water partition coefficient (Wildman–Crippen LogP) is 2.43. The van der Waals surface area contributed by atoms with Crippen LogP contribution in [0.2, 0.25) is 0 Å². The van der Waals surface area contributed by atoms with E-state index >= 15 is 0 Å². The summed E-state index contributed by atoms with van der Waals surface area (Å²) in [4.78, 5) is 16.5. The molecule has 6 heteroatoms. The number of nitrogens with two attached hydrogens (primary N) is 1. The van der Waals surface area contributed by atoms with E-state index in [9.17, 15) is 4.79 Å². The lowest BCUT2D eigenvalue weighted by Gasteiger charge is -2.04. The quantitative estimate of drug-likeness (QED) is 0.718. The van der Waals surface area contributed by atoms with Gasteiger partial charge in [0.2, 0.25) is 0 Å². The number of imidazole rings is 1. The molecule has 0 unspecified atom stereocenters. The highest BCUT2D eigenvalue weighted by atomic mass is 32.1. The highest BCUT2D eigenvalue weighted by molar-refractivity contribution is 7.13. The summed E-state index contributed by atoms with van der Waals surface area (Å²) in [5.74, 6) is -0.259. The molecule has 0 aliphatic rings. The number of hydrogen-bond acceptors (Lipinski definition) is 4. The number of nitrogen functional groups attached to an aromatic ring is 1. The fourth-order valence-corrected chi connectivity index (χ4v) is 2.78. The third kappa shape index (κ3) is 1.96. The Bertz CT molecular complexity index is 747. The lowest BCUT2D eigenvalue weighted by molar-refractivity contribution is -0.137. The third-order valence-electron chi connectivity index (χ3n) is 2.85. The summed E-state index contributed by atoms with van der Waals surface area (Å²) < 4.78 is 1.68. The van der Waals surface area contributed by atoms with Crippen LogP contribution in [-0.2, 0) is 11.3 Å². The Morgan fingerprint density at radius 3 is 2.89 bits per heavy atom. The van der Waals surface area contributed by atoms with Gasteiger partial charge in [-0.2, -0.15) is 0 Å². The molecule has 3 aromatic rings. The van der Waals surface area contributed by atoms with E-state index in [2.05, 4.69) is 4.98 Å². The number of hydrogen-bond donors (Lipinski definition) is 2. The van der Waals surface area contributed by atoms with Crippen molar-refractivity contribution < 1.29 is 9.90 Å². The molecule has 0 bridgehead atoms. The minimum Gasteiger partial charge on any atom is -0.480 e. The van der Waals surface area contributed by atoms with Crippen molar-refractivity contribution in [1.82, 2.24) is 9.55 Å². The summed E-state index contributed by atoms with van der Waals surface area (Å²) in [6, 6.07) is 9.22. The molecule has 0 saturated heterocycles. The average molecular weight is 273 g/mol. The molecule has 0 aliphatic carbocycles. The van der Waals surface area contributed by atoms with E-state index in [1.807, 2.05) is 23.6 Å². The summed E-state index contributed by atoms with van der Waals surface area (Å²) in [6.07, 6.45) is 0. The Hall–Kier alpha value is -2.34. The highest BCUT2D eigenvalue weighted by Gasteiger charge is 2.16. The van der Waals surface area contributed by atoms with Crippen LogP contribution in [0.1, 0.15) is 0 Å². The fraction of sp³-hybridized carbons (Fsp3) is 0.0769. The summed E-state index contributed by atoms with van der Waals surface area (Å²) in [6.45, 7) is -0.132. The van der Waals surface area contributed by atoms with E-state index in [4.69, 9.17) is 10.8 Å². The van der Waals surface area contributed by atoms with Crippen LogP contribution in [0.5, 0.6) is 0 Å². The van der Waals surface area contributed by atoms with Gasteiger partial charge in [-0.15, -0.1) is 11.3 Å². The molecule has 0 fully saturated rings. The number of benzene rings is 1. The largest absolute Gasteiger partial charge is 0.480 e. The van der Waals surface area contributed by atoms with E-state index in [1.165, 1.54) is 11.3 Å². The first kappa shape index (κ1) is 11.7. The first-order chi connectivity index (χ1) is 9.16. The van der Waals surface area contributed by atoms with Crippen molar-refractivity contribution in [3.8, 4) is 10.7 Å². The van der Waals surface area contributed by atoms with Crippen LogP contribution >= 0.6 is 11.3 Å². The Morgan fingerprint density at radius 1 is 1.37 bits per heavy atom. The van der Waals surface area contributed by atoms with Gasteiger partial charge in [0.05, 0.1) is 16.1 Å². The molecule has 19 heavy (non-hydrogen) atoms. The SMILES string of the molecule is Nc1cccc2c1nc(-c1cccs1)n2CC(=O)O. The Balaban J connectivity index is 2.31. The number of para-hydroxylation sites is 1. The molecule has 0 amide bonds. The van der Waals surface area contributed by atoms with E-state index in [1.54, 1.807) is 16.7 Å². The summed E-state index contributed by atoms with van der Waals surface area (Å²) in [5, 5.41) is 11.0. The molecule has 2 aromatic heterocycles. The van der Waals surface area contributed by atoms with Crippen molar-refractivity contribution in [3.63, 3.8) is 0 Å². The molecule has 0 saturated carbocycles. The number of fused-ring (bicyclic) bond motifs is 1. The van der Waals surface area contributed by atoms with Crippen molar-refractivity contribution in [3.05, 3.63) is 35.7 Å². The smallest absolute Gasteiger partial charge is 0.323 e. The number of rotatable bonds is 3. The van der Waals surface area contributed by atoms with Crippen LogP contribution in [0.15, 0.2) is 35.7 Å². The second-order valence-electron chi connectivity index (χ2n) is 4.11. The number of thiophene rings is 1. The lowest BCUT2D eigenvalue weighted by Crippen LogP contribution is -2.09. The van der Waals surface area contributed by atoms with Gasteiger partial charge in [-0.05, 0) is 23.6 Å². The maximum absolute atomic E-state index is 11.0. The van der Waals surface area contributed by atoms with Gasteiger partial charge in [-0.3, -0.25) is 4.79 Å². The number of aromatic nitrogens is 2. The average Bonchev–Trinajstić information content (AvgIpc) is 2.97. The van der Waals surface area contributed by atoms with Crippen LogP contribution < -0.4 is 5.73 Å². The van der Waals surface area contributed by atoms with E-state index in [0.29, 0.717) is 17.0 Å². The van der Waals surface area contributed by atoms with Gasteiger partial charge in [0.25, 0.3) is 0 Å². The molecule has 3 rings (SSSR count). The van der Waals surface area contributed by atoms with E-state index in [-0.39, 0.29) is 6.54 Å². The topological polar surface area (TPSA) is 81.1 Å². The van der Waals surface area contributed by atoms with Crippen molar-refractivity contribution in [1.29, 1.82) is 0 Å². The Kier molecular flexibility index (Phi) is 2.72. The van der Waals surface area contributed by atoms with Gasteiger partial charge in [-0.25, -0.2) is 4.98 Å². The van der Waals surface area contributed by atoms with Crippen molar-refractivity contribution in [2.75, 3.05) is 5.73 Å². The monoisotopic (exact) mass is 273 g/mol. The van der Waals surface area contributed by atoms with Gasteiger partial charge < -0.3 is 15.4 Å². The second kappa shape index (κ2) is 4.40. The van der Waals surface area contributed by atoms with Gasteiger partial charge in [0, 0.05) is 0 Å². The van der Waals surface area contributed by atoms with Crippen molar-refractivity contribution in [2.24, 2.45) is 0 Å². The maximum atomic E-state index is 11.0. The molecular weight excluding hydrogens is 262 g/mol. The minimum atomic E-state index is -0.903. The molecule has 0 atom stereocenters. The third-order valence-corrected chi connectivity index (χ3v) is 3.71. The summed E-state index contributed by atoms with van der Waals surface area (Å²) in [5.41, 5.74) is 7.84. The van der Waals surface area contributed by atoms with Gasteiger partial charge in [0.15, 0.2) is 5.82 Å². The number of nitrogens with zero attached hydrogens (tertiary/aromatic N) is 2. The van der Waals surface area contributed by atoms with Gasteiger partial charge >= 0.3 is 5.97 Å². The highest BCUT2D eigenvalue weighted by Crippen LogP contribution is 2.30. The van der Waals surface area contributed by atoms with Crippen molar-refractivity contribution in [2.45, 2.75) is 6.54 Å². The summed E-state index contributed by atoms with van der Waals surface area (Å²) in [7, 11) is 0. The van der Waals surface area contributed by atoms with E-state index < -0.39 is 5.97 Å². The molecular formula is C13H11N3O2S. The number of anilines is 1. The Morgan fingerprint density at radius 2 is 2.21 bits per heavy atom. The number of aliphatic carboxylic acids is 1. The fourth-order valence-electron chi connectivity index (χ4n) is 2.06. The van der Waals surface area contributed by atoms with Crippen LogP contribution in [0, 0.1) is 0 Å². The van der Waals surface area contributed by atoms with Crippen LogP contribution in [0.3, 0.4) is 0 Å². The normalized spacial score (nSPS) is 10.9. The van der Waals surface area contributed by atoms with Crippen molar-refractivity contribution >= 4 is 34.0 Å². The standard InChI is InChI=1S/C13H11N3O2S/c14-8-3-1-4-9-12(8)15-13(10-5-2-6-19-10)16(9)7-11(17)18/h1-6H,7,14H2,(H,17,18). The predicted molar refractivity (Wildman–Crippen MR) is 75.1 cm³/mol. The molecule has 0 spiro atoms. The number of carboxylic acids is 1. The minimum absolute atomic E-state index is 0.132. The molecule has 1 aromatic carbocycles. The first-order valence-corrected chi connectivity index (χ1v) is 6.55. The van der Waals surface area contributed by atoms with Gasteiger partial charge in [0.1, 0.15) is 12.1 Å². The number of carboxylic acid groups (broad SMARTS) is 1. The first-order valence-electron chi connectivity index (χ1n) is 5.67. The van der Waals surface area contributed by atoms with Crippen LogP contribution in [-0.4, -0.2) is 20.6 Å². The van der Waals surface area contributed by atoms with Crippen LogP contribution in [0.4, 0.5) is 5.69 Å². The molecule has 3 N–H and O–H groups in total. The molecule has 5 nitrogen and oxygen atoms in total. The van der Waals surface area contributed by atoms with Gasteiger partial charge in [-0.1, -0.05) is 12.1 Å². The zero-order chi connectivity index (χ0) is 13.4. The number of carbonyl (C=O) groups is 1.